The molecule has 1 aliphatic rings. The topological polar surface area (TPSA) is 92.2 Å². The third kappa shape index (κ3) is 3.00. The third-order valence-corrected chi connectivity index (χ3v) is 4.68. The maximum absolute atomic E-state index is 12.4. The van der Waals surface area contributed by atoms with E-state index in [-0.39, 0.29) is 11.3 Å². The van der Waals surface area contributed by atoms with Gasteiger partial charge in [0.15, 0.2) is 5.78 Å². The number of H-pyrrole nitrogens is 1. The van der Waals surface area contributed by atoms with E-state index in [1.807, 2.05) is 0 Å². The van der Waals surface area contributed by atoms with Gasteiger partial charge in [0.25, 0.3) is 5.56 Å². The Morgan fingerprint density at radius 1 is 0.929 bits per heavy atom. The largest absolute Gasteiger partial charge is 0.494 e. The minimum absolute atomic E-state index is 0.0987. The van der Waals surface area contributed by atoms with E-state index >= 15 is 0 Å². The fraction of sp³-hybridized carbons (Fsp3) is 0. The number of allylic oxidation sites excluding steroid dienone is 3. The number of fused-ring (bicyclic) bond motifs is 1. The molecule has 0 spiro atoms. The number of carbonyl (C=O) groups excluding carboxylic acids is 1. The predicted molar refractivity (Wildman–Crippen MR) is 107 cm³/mol. The van der Waals surface area contributed by atoms with Gasteiger partial charge in [0, 0.05) is 10.6 Å². The van der Waals surface area contributed by atoms with Gasteiger partial charge in [-0.1, -0.05) is 41.9 Å². The van der Waals surface area contributed by atoms with E-state index in [1.165, 1.54) is 12.2 Å². The lowest BCUT2D eigenvalue weighted by Gasteiger charge is -2.14. The number of nitrogens with one attached hydrogen (secondary N) is 1. The number of benzene rings is 2. The number of aromatic amines is 1. The van der Waals surface area contributed by atoms with Gasteiger partial charge in [-0.05, 0) is 47.6 Å². The Morgan fingerprint density at radius 3 is 2.32 bits per heavy atom. The molecule has 2 N–H and O–H groups in total. The normalized spacial score (nSPS) is 14.3. The summed E-state index contributed by atoms with van der Waals surface area (Å²) in [6.07, 6.45) is 4.41. The Bertz CT molecular complexity index is 1280. The molecule has 0 amide bonds. The number of rotatable bonds is 2. The van der Waals surface area contributed by atoms with Crippen LogP contribution in [0.1, 0.15) is 21.5 Å². The van der Waals surface area contributed by atoms with E-state index in [9.17, 15) is 19.5 Å². The van der Waals surface area contributed by atoms with Gasteiger partial charge in [-0.25, -0.2) is 9.36 Å². The highest BCUT2D eigenvalue weighted by Gasteiger charge is 2.19. The summed E-state index contributed by atoms with van der Waals surface area (Å²) in [7, 11) is 0. The SMILES string of the molecule is O=C1C=CC(=Cc2c(O)n(-c3ccc(Cl)cc3)c(=O)[nH]c2=O)c2ccccc21. The van der Waals surface area contributed by atoms with E-state index in [0.717, 1.165) is 4.57 Å². The van der Waals surface area contributed by atoms with Gasteiger partial charge in [-0.15, -0.1) is 0 Å². The quantitative estimate of drug-likeness (QED) is 0.700. The standard InChI is InChI=1S/C21H13ClN2O4/c22-13-6-8-14(9-7-13)24-20(27)17(19(26)23-21(24)28)11-12-5-10-18(25)16-4-2-1-3-15(12)16/h1-11,27H,(H,23,26,28). The average Bonchev–Trinajstić information content (AvgIpc) is 2.68. The van der Waals surface area contributed by atoms with Gasteiger partial charge in [0.2, 0.25) is 5.88 Å². The molecular weight excluding hydrogens is 380 g/mol. The first-order chi connectivity index (χ1) is 13.5. The van der Waals surface area contributed by atoms with Gasteiger partial charge in [0.05, 0.1) is 5.69 Å². The Morgan fingerprint density at radius 2 is 1.61 bits per heavy atom. The number of hydrogen-bond donors (Lipinski definition) is 2. The highest BCUT2D eigenvalue weighted by molar-refractivity contribution is 6.30. The van der Waals surface area contributed by atoms with Crippen LogP contribution in [0.5, 0.6) is 5.88 Å². The van der Waals surface area contributed by atoms with Crippen LogP contribution in [0, 0.1) is 0 Å². The third-order valence-electron chi connectivity index (χ3n) is 4.42. The van der Waals surface area contributed by atoms with Crippen molar-refractivity contribution in [3.05, 3.63) is 103 Å². The number of nitrogens with zero attached hydrogens (tertiary/aromatic N) is 1. The van der Waals surface area contributed by atoms with Gasteiger partial charge < -0.3 is 5.11 Å². The van der Waals surface area contributed by atoms with E-state index in [4.69, 9.17) is 11.6 Å². The lowest BCUT2D eigenvalue weighted by atomic mass is 9.91. The summed E-state index contributed by atoms with van der Waals surface area (Å²) in [5.74, 6) is -0.650. The number of aromatic hydroxyl groups is 1. The number of aromatic nitrogens is 2. The molecular formula is C21H13ClN2O4. The molecule has 4 rings (SSSR count). The minimum atomic E-state index is -0.776. The van der Waals surface area contributed by atoms with Crippen LogP contribution >= 0.6 is 11.6 Å². The molecule has 0 atom stereocenters. The first kappa shape index (κ1) is 17.8. The molecule has 1 aromatic heterocycles. The van der Waals surface area contributed by atoms with Gasteiger partial charge in [-0.2, -0.15) is 0 Å². The molecule has 1 heterocycles. The zero-order valence-electron chi connectivity index (χ0n) is 14.3. The summed E-state index contributed by atoms with van der Waals surface area (Å²) in [5, 5.41) is 11.1. The van der Waals surface area contributed by atoms with Crippen molar-refractivity contribution in [3.63, 3.8) is 0 Å². The first-order valence-electron chi connectivity index (χ1n) is 8.33. The molecule has 28 heavy (non-hydrogen) atoms. The van der Waals surface area contributed by atoms with Crippen LogP contribution in [-0.2, 0) is 0 Å². The van der Waals surface area contributed by atoms with E-state index in [0.29, 0.717) is 27.4 Å². The minimum Gasteiger partial charge on any atom is -0.494 e. The van der Waals surface area contributed by atoms with Crippen LogP contribution in [0.25, 0.3) is 17.3 Å². The predicted octanol–water partition coefficient (Wildman–Crippen LogP) is 3.18. The van der Waals surface area contributed by atoms with Crippen molar-refractivity contribution in [1.82, 2.24) is 9.55 Å². The maximum atomic E-state index is 12.4. The highest BCUT2D eigenvalue weighted by Crippen LogP contribution is 2.29. The van der Waals surface area contributed by atoms with Crippen LogP contribution in [0.15, 0.2) is 70.3 Å². The van der Waals surface area contributed by atoms with Crippen molar-refractivity contribution >= 4 is 29.0 Å². The molecule has 2 aromatic carbocycles. The number of halogens is 1. The van der Waals surface area contributed by atoms with Gasteiger partial charge >= 0.3 is 5.69 Å². The fourth-order valence-electron chi connectivity index (χ4n) is 3.07. The molecule has 0 aliphatic heterocycles. The monoisotopic (exact) mass is 392 g/mol. The molecule has 1 aliphatic carbocycles. The molecule has 0 radical (unpaired) electrons. The molecule has 7 heteroatoms. The molecule has 0 saturated carbocycles. The van der Waals surface area contributed by atoms with Crippen LogP contribution in [0.2, 0.25) is 5.02 Å². The molecule has 6 nitrogen and oxygen atoms in total. The van der Waals surface area contributed by atoms with Crippen LogP contribution in [0.4, 0.5) is 0 Å². The zero-order chi connectivity index (χ0) is 19.8. The van der Waals surface area contributed by atoms with Crippen LogP contribution in [0.3, 0.4) is 0 Å². The Hall–Kier alpha value is -3.64. The lowest BCUT2D eigenvalue weighted by Crippen LogP contribution is -2.30. The summed E-state index contributed by atoms with van der Waals surface area (Å²) in [4.78, 5) is 38.9. The molecule has 0 fully saturated rings. The average molecular weight is 393 g/mol. The van der Waals surface area contributed by atoms with Crippen molar-refractivity contribution in [3.8, 4) is 11.6 Å². The number of ketones is 1. The Kier molecular flexibility index (Phi) is 4.33. The van der Waals surface area contributed by atoms with Gasteiger partial charge in [0.1, 0.15) is 5.56 Å². The van der Waals surface area contributed by atoms with E-state index in [2.05, 4.69) is 4.98 Å². The molecule has 0 bridgehead atoms. The smallest absolute Gasteiger partial charge is 0.335 e. The Balaban J connectivity index is 1.94. The summed E-state index contributed by atoms with van der Waals surface area (Å²) in [6, 6.07) is 13.2. The van der Waals surface area contributed by atoms with Crippen molar-refractivity contribution in [1.29, 1.82) is 0 Å². The maximum Gasteiger partial charge on any atom is 0.335 e. The van der Waals surface area contributed by atoms with Gasteiger partial charge in [-0.3, -0.25) is 14.6 Å². The van der Waals surface area contributed by atoms with Crippen molar-refractivity contribution in [2.75, 3.05) is 0 Å². The zero-order valence-corrected chi connectivity index (χ0v) is 15.1. The van der Waals surface area contributed by atoms with Crippen molar-refractivity contribution in [2.24, 2.45) is 0 Å². The number of hydrogen-bond acceptors (Lipinski definition) is 4. The second-order valence-electron chi connectivity index (χ2n) is 6.15. The second-order valence-corrected chi connectivity index (χ2v) is 6.59. The first-order valence-corrected chi connectivity index (χ1v) is 8.71. The fourth-order valence-corrected chi connectivity index (χ4v) is 3.20. The molecule has 0 unspecified atom stereocenters. The second kappa shape index (κ2) is 6.83. The summed E-state index contributed by atoms with van der Waals surface area (Å²) in [5.41, 5.74) is 0.439. The lowest BCUT2D eigenvalue weighted by molar-refractivity contribution is 0.104. The molecule has 138 valence electrons. The summed E-state index contributed by atoms with van der Waals surface area (Å²) in [6.45, 7) is 0. The van der Waals surface area contributed by atoms with E-state index < -0.39 is 17.1 Å². The number of carbonyl (C=O) groups is 1. The van der Waals surface area contributed by atoms with Crippen LogP contribution in [-0.4, -0.2) is 20.4 Å². The Labute approximate surface area is 163 Å². The molecule has 3 aromatic rings. The van der Waals surface area contributed by atoms with Crippen LogP contribution < -0.4 is 11.2 Å². The highest BCUT2D eigenvalue weighted by atomic mass is 35.5. The molecule has 0 saturated heterocycles. The summed E-state index contributed by atoms with van der Waals surface area (Å²) >= 11 is 5.87. The summed E-state index contributed by atoms with van der Waals surface area (Å²) < 4.78 is 0.980. The van der Waals surface area contributed by atoms with Crippen molar-refractivity contribution in [2.45, 2.75) is 0 Å². The van der Waals surface area contributed by atoms with Crippen molar-refractivity contribution < 1.29 is 9.90 Å². The van der Waals surface area contributed by atoms with E-state index in [1.54, 1.807) is 54.6 Å².